The molecule has 0 saturated heterocycles. The molecule has 148 valence electrons. The quantitative estimate of drug-likeness (QED) is 0.310. The summed E-state index contributed by atoms with van der Waals surface area (Å²) in [5.74, 6) is 0.877. The van der Waals surface area contributed by atoms with Crippen molar-refractivity contribution in [1.82, 2.24) is 20.9 Å². The van der Waals surface area contributed by atoms with E-state index < -0.39 is 0 Å². The van der Waals surface area contributed by atoms with Gasteiger partial charge in [0.15, 0.2) is 5.96 Å². The lowest BCUT2D eigenvalue weighted by Gasteiger charge is -2.22. The molecule has 1 aliphatic carbocycles. The van der Waals surface area contributed by atoms with Gasteiger partial charge in [0.05, 0.1) is 17.2 Å². The third-order valence-electron chi connectivity index (χ3n) is 4.34. The Morgan fingerprint density at radius 1 is 1.23 bits per heavy atom. The van der Waals surface area contributed by atoms with Gasteiger partial charge in [-0.2, -0.15) is 0 Å². The lowest BCUT2D eigenvalue weighted by molar-refractivity contribution is -0.121. The molecule has 0 aliphatic heterocycles. The lowest BCUT2D eigenvalue weighted by atomic mass is 9.95. The molecule has 2 rings (SSSR count). The number of aryl methyl sites for hydroxylation is 2. The maximum absolute atomic E-state index is 12.1. The van der Waals surface area contributed by atoms with E-state index in [4.69, 9.17) is 0 Å². The number of thiazole rings is 1. The maximum Gasteiger partial charge on any atom is 0.221 e. The average molecular weight is 493 g/mol. The Labute approximate surface area is 178 Å². The fraction of sp³-hybridized carbons (Fsp3) is 0.722. The van der Waals surface area contributed by atoms with Crippen LogP contribution >= 0.6 is 35.3 Å². The number of nitrogens with one attached hydrogen (secondary N) is 3. The van der Waals surface area contributed by atoms with Crippen molar-refractivity contribution in [2.24, 2.45) is 4.99 Å². The summed E-state index contributed by atoms with van der Waals surface area (Å²) in [7, 11) is 0. The smallest absolute Gasteiger partial charge is 0.221 e. The fourth-order valence-electron chi connectivity index (χ4n) is 3.05. The highest BCUT2D eigenvalue weighted by molar-refractivity contribution is 14.0. The van der Waals surface area contributed by atoms with Gasteiger partial charge in [0, 0.05) is 30.4 Å². The number of aliphatic imine (C=N–C) groups is 1. The van der Waals surface area contributed by atoms with Gasteiger partial charge >= 0.3 is 0 Å². The van der Waals surface area contributed by atoms with Crippen molar-refractivity contribution in [3.05, 3.63) is 15.6 Å². The van der Waals surface area contributed by atoms with Crippen LogP contribution in [0.4, 0.5) is 0 Å². The molecule has 1 fully saturated rings. The highest BCUT2D eigenvalue weighted by Gasteiger charge is 2.15. The monoisotopic (exact) mass is 493 g/mol. The molecule has 1 aromatic rings. The molecule has 0 aromatic carbocycles. The predicted molar refractivity (Wildman–Crippen MR) is 119 cm³/mol. The van der Waals surface area contributed by atoms with Crippen LogP contribution in [0.1, 0.15) is 61.0 Å². The SMILES string of the molecule is CCNC(=NCc1sc(C)nc1C)NCCC(=O)NC1CCCCC1.I. The average Bonchev–Trinajstić information content (AvgIpc) is 2.91. The first-order valence-corrected chi connectivity index (χ1v) is 10.1. The van der Waals surface area contributed by atoms with Crippen molar-refractivity contribution >= 4 is 47.2 Å². The Morgan fingerprint density at radius 2 is 1.96 bits per heavy atom. The number of halogens is 1. The molecule has 1 amide bonds. The Balaban J connectivity index is 0.00000338. The lowest BCUT2D eigenvalue weighted by Crippen LogP contribution is -2.41. The molecule has 0 spiro atoms. The Morgan fingerprint density at radius 3 is 2.58 bits per heavy atom. The number of carbonyl (C=O) groups is 1. The summed E-state index contributed by atoms with van der Waals surface area (Å²) in [6.45, 7) is 8.06. The van der Waals surface area contributed by atoms with Crippen LogP contribution in [-0.4, -0.2) is 36.0 Å². The number of amides is 1. The van der Waals surface area contributed by atoms with Crippen molar-refractivity contribution in [2.75, 3.05) is 13.1 Å². The van der Waals surface area contributed by atoms with E-state index in [0.29, 0.717) is 25.6 Å². The van der Waals surface area contributed by atoms with Crippen molar-refractivity contribution in [1.29, 1.82) is 0 Å². The number of aromatic nitrogens is 1. The zero-order valence-corrected chi connectivity index (χ0v) is 19.2. The molecule has 0 radical (unpaired) electrons. The van der Waals surface area contributed by atoms with Crippen LogP contribution in [0.3, 0.4) is 0 Å². The van der Waals surface area contributed by atoms with Crippen LogP contribution in [-0.2, 0) is 11.3 Å². The normalized spacial score (nSPS) is 15.3. The van der Waals surface area contributed by atoms with Gasteiger partial charge in [-0.25, -0.2) is 9.98 Å². The molecule has 1 aliphatic rings. The van der Waals surface area contributed by atoms with Gasteiger partial charge in [-0.15, -0.1) is 35.3 Å². The van der Waals surface area contributed by atoms with E-state index >= 15 is 0 Å². The van der Waals surface area contributed by atoms with Crippen molar-refractivity contribution in [3.63, 3.8) is 0 Å². The van der Waals surface area contributed by atoms with Crippen LogP contribution in [0.2, 0.25) is 0 Å². The van der Waals surface area contributed by atoms with Gasteiger partial charge in [0.25, 0.3) is 0 Å². The Hall–Kier alpha value is -0.900. The van der Waals surface area contributed by atoms with Crippen LogP contribution < -0.4 is 16.0 Å². The van der Waals surface area contributed by atoms with Crippen LogP contribution in [0.5, 0.6) is 0 Å². The number of hydrogen-bond acceptors (Lipinski definition) is 4. The van der Waals surface area contributed by atoms with Crippen molar-refractivity contribution in [2.45, 2.75) is 71.9 Å². The van der Waals surface area contributed by atoms with E-state index in [1.165, 1.54) is 24.1 Å². The number of nitrogens with zero attached hydrogens (tertiary/aromatic N) is 2. The molecule has 0 unspecified atom stereocenters. The van der Waals surface area contributed by atoms with E-state index in [-0.39, 0.29) is 29.9 Å². The summed E-state index contributed by atoms with van der Waals surface area (Å²) in [5.41, 5.74) is 1.05. The largest absolute Gasteiger partial charge is 0.357 e. The number of carbonyl (C=O) groups excluding carboxylic acids is 1. The molecule has 6 nitrogen and oxygen atoms in total. The zero-order valence-electron chi connectivity index (χ0n) is 16.1. The van der Waals surface area contributed by atoms with E-state index in [0.717, 1.165) is 36.0 Å². The maximum atomic E-state index is 12.1. The van der Waals surface area contributed by atoms with Crippen molar-refractivity contribution in [3.8, 4) is 0 Å². The summed E-state index contributed by atoms with van der Waals surface area (Å²) in [5, 5.41) is 10.7. The molecular formula is C18H32IN5OS. The summed E-state index contributed by atoms with van der Waals surface area (Å²) in [4.78, 5) is 22.3. The van der Waals surface area contributed by atoms with Crippen LogP contribution in [0.25, 0.3) is 0 Å². The molecule has 1 aromatic heterocycles. The minimum atomic E-state index is 0. The van der Waals surface area contributed by atoms with Gasteiger partial charge in [0.1, 0.15) is 0 Å². The molecule has 8 heteroatoms. The van der Waals surface area contributed by atoms with Gasteiger partial charge in [-0.1, -0.05) is 19.3 Å². The summed E-state index contributed by atoms with van der Waals surface area (Å²) >= 11 is 1.68. The number of rotatable bonds is 7. The standard InChI is InChI=1S/C18H31N5OS.HI/c1-4-19-18(21-12-16-13(2)22-14(3)25-16)20-11-10-17(24)23-15-8-6-5-7-9-15;/h15H,4-12H2,1-3H3,(H,23,24)(H2,19,20,21);1H. The second kappa shape index (κ2) is 12.5. The highest BCUT2D eigenvalue weighted by atomic mass is 127. The first-order chi connectivity index (χ1) is 12.1. The Kier molecular flexibility index (Phi) is 11.1. The minimum absolute atomic E-state index is 0. The molecule has 0 bridgehead atoms. The molecule has 1 saturated carbocycles. The van der Waals surface area contributed by atoms with E-state index in [2.05, 4.69) is 25.9 Å². The summed E-state index contributed by atoms with van der Waals surface area (Å²) < 4.78 is 0. The second-order valence-electron chi connectivity index (χ2n) is 6.52. The Bertz CT molecular complexity index is 584. The molecule has 26 heavy (non-hydrogen) atoms. The van der Waals surface area contributed by atoms with E-state index in [1.54, 1.807) is 11.3 Å². The third-order valence-corrected chi connectivity index (χ3v) is 5.40. The zero-order chi connectivity index (χ0) is 18.1. The van der Waals surface area contributed by atoms with Gasteiger partial charge in [-0.05, 0) is 33.6 Å². The van der Waals surface area contributed by atoms with Gasteiger partial charge in [-0.3, -0.25) is 4.79 Å². The summed E-state index contributed by atoms with van der Waals surface area (Å²) in [6.07, 6.45) is 6.48. The van der Waals surface area contributed by atoms with E-state index in [1.807, 2.05) is 20.8 Å². The first kappa shape index (κ1) is 23.1. The minimum Gasteiger partial charge on any atom is -0.357 e. The van der Waals surface area contributed by atoms with Crippen LogP contribution in [0.15, 0.2) is 4.99 Å². The predicted octanol–water partition coefficient (Wildman–Crippen LogP) is 3.27. The van der Waals surface area contributed by atoms with Gasteiger partial charge < -0.3 is 16.0 Å². The van der Waals surface area contributed by atoms with E-state index in [9.17, 15) is 4.79 Å². The molecule has 0 atom stereocenters. The summed E-state index contributed by atoms with van der Waals surface area (Å²) in [6, 6.07) is 0.376. The highest BCUT2D eigenvalue weighted by Crippen LogP contribution is 2.18. The second-order valence-corrected chi connectivity index (χ2v) is 7.80. The van der Waals surface area contributed by atoms with Crippen LogP contribution in [0, 0.1) is 13.8 Å². The van der Waals surface area contributed by atoms with Crippen molar-refractivity contribution < 1.29 is 4.79 Å². The number of hydrogen-bond donors (Lipinski definition) is 3. The fourth-order valence-corrected chi connectivity index (χ4v) is 3.92. The van der Waals surface area contributed by atoms with Gasteiger partial charge in [0.2, 0.25) is 5.91 Å². The number of guanidine groups is 1. The third kappa shape index (κ3) is 8.20. The molecule has 1 heterocycles. The first-order valence-electron chi connectivity index (χ1n) is 9.33. The topological polar surface area (TPSA) is 78.4 Å². The molecule has 3 N–H and O–H groups in total. The molecular weight excluding hydrogens is 461 g/mol.